The smallest absolute Gasteiger partial charge is 0.329 e. The van der Waals surface area contributed by atoms with E-state index in [0.717, 1.165) is 17.8 Å². The Morgan fingerprint density at radius 2 is 2.22 bits per heavy atom. The number of carboxylic acids is 1. The van der Waals surface area contributed by atoms with Gasteiger partial charge in [-0.15, -0.1) is 0 Å². The maximum atomic E-state index is 11.8. The molecule has 0 bridgehead atoms. The van der Waals surface area contributed by atoms with Gasteiger partial charge in [0.25, 0.3) is 0 Å². The first-order valence-corrected chi connectivity index (χ1v) is 6.52. The number of carboxylic acid groups (broad SMARTS) is 1. The van der Waals surface area contributed by atoms with Gasteiger partial charge in [-0.3, -0.25) is 14.2 Å². The lowest BCUT2D eigenvalue weighted by Gasteiger charge is -2.38. The van der Waals surface area contributed by atoms with Gasteiger partial charge in [-0.05, 0) is 26.2 Å². The first-order chi connectivity index (χ1) is 8.44. The minimum atomic E-state index is -1.12. The second-order valence-electron chi connectivity index (χ2n) is 4.52. The number of carbonyl (C=O) groups is 2. The number of carbonyl (C=O) groups excluding carboxylic acids is 1. The third-order valence-corrected chi connectivity index (χ3v) is 4.15. The SMILES string of the molecule is Cc1csc(=O)n1CC(=O)NC1(C(=O)O)CCC1. The maximum absolute atomic E-state index is 11.8. The highest BCUT2D eigenvalue weighted by Crippen LogP contribution is 2.31. The molecule has 0 unspecified atom stereocenters. The van der Waals surface area contributed by atoms with E-state index in [4.69, 9.17) is 5.11 Å². The highest BCUT2D eigenvalue weighted by molar-refractivity contribution is 7.07. The second-order valence-corrected chi connectivity index (χ2v) is 5.34. The summed E-state index contributed by atoms with van der Waals surface area (Å²) in [5.74, 6) is -1.43. The fourth-order valence-electron chi connectivity index (χ4n) is 1.97. The summed E-state index contributed by atoms with van der Waals surface area (Å²) in [6.07, 6.45) is 1.70. The summed E-state index contributed by atoms with van der Waals surface area (Å²) in [6.45, 7) is 1.62. The standard InChI is InChI=1S/C11H14N2O4S/c1-7-6-18-10(17)13(7)5-8(14)12-11(9(15)16)3-2-4-11/h6H,2-5H2,1H3,(H,12,14)(H,15,16). The molecule has 0 aliphatic heterocycles. The fraction of sp³-hybridized carbons (Fsp3) is 0.545. The topological polar surface area (TPSA) is 88.4 Å². The van der Waals surface area contributed by atoms with E-state index < -0.39 is 17.4 Å². The molecule has 0 radical (unpaired) electrons. The zero-order chi connectivity index (χ0) is 13.3. The fourth-order valence-corrected chi connectivity index (χ4v) is 2.70. The zero-order valence-electron chi connectivity index (χ0n) is 9.93. The third-order valence-electron chi connectivity index (χ3n) is 3.27. The largest absolute Gasteiger partial charge is 0.480 e. The van der Waals surface area contributed by atoms with Gasteiger partial charge in [0.2, 0.25) is 5.91 Å². The van der Waals surface area contributed by atoms with Crippen molar-refractivity contribution in [3.8, 4) is 0 Å². The number of amides is 1. The van der Waals surface area contributed by atoms with Crippen LogP contribution in [0.4, 0.5) is 0 Å². The number of hydrogen-bond donors (Lipinski definition) is 2. The molecule has 1 saturated carbocycles. The number of aliphatic carboxylic acids is 1. The van der Waals surface area contributed by atoms with E-state index in [0.29, 0.717) is 18.5 Å². The molecule has 1 aromatic rings. The van der Waals surface area contributed by atoms with Crippen LogP contribution >= 0.6 is 11.3 Å². The average molecular weight is 270 g/mol. The van der Waals surface area contributed by atoms with Gasteiger partial charge >= 0.3 is 10.8 Å². The highest BCUT2D eigenvalue weighted by atomic mass is 32.1. The number of aryl methyl sites for hydroxylation is 1. The lowest BCUT2D eigenvalue weighted by Crippen LogP contribution is -2.59. The molecule has 18 heavy (non-hydrogen) atoms. The Kier molecular flexibility index (Phi) is 3.25. The molecule has 98 valence electrons. The third kappa shape index (κ3) is 2.17. The molecular weight excluding hydrogens is 256 g/mol. The lowest BCUT2D eigenvalue weighted by atomic mass is 9.77. The summed E-state index contributed by atoms with van der Waals surface area (Å²) in [4.78, 5) is 34.1. The van der Waals surface area contributed by atoms with Crippen LogP contribution in [0, 0.1) is 6.92 Å². The molecule has 1 amide bonds. The Labute approximate surface area is 107 Å². The van der Waals surface area contributed by atoms with Crippen LogP contribution in [-0.2, 0) is 16.1 Å². The summed E-state index contributed by atoms with van der Waals surface area (Å²) in [5, 5.41) is 13.3. The van der Waals surface area contributed by atoms with Gasteiger partial charge in [-0.25, -0.2) is 4.79 Å². The Morgan fingerprint density at radius 1 is 1.56 bits per heavy atom. The van der Waals surface area contributed by atoms with Crippen LogP contribution in [-0.4, -0.2) is 27.1 Å². The quantitative estimate of drug-likeness (QED) is 0.826. The second kappa shape index (κ2) is 4.56. The van der Waals surface area contributed by atoms with Crippen molar-refractivity contribution in [3.63, 3.8) is 0 Å². The molecule has 1 heterocycles. The summed E-state index contributed by atoms with van der Waals surface area (Å²) in [5.41, 5.74) is -0.414. The molecule has 1 fully saturated rings. The van der Waals surface area contributed by atoms with Gasteiger partial charge in [0, 0.05) is 11.1 Å². The van der Waals surface area contributed by atoms with E-state index in [1.165, 1.54) is 4.57 Å². The van der Waals surface area contributed by atoms with Crippen LogP contribution in [0.3, 0.4) is 0 Å². The van der Waals surface area contributed by atoms with Crippen LogP contribution < -0.4 is 10.2 Å². The summed E-state index contributed by atoms with van der Waals surface area (Å²) >= 11 is 1.03. The van der Waals surface area contributed by atoms with E-state index in [-0.39, 0.29) is 11.4 Å². The molecule has 2 N–H and O–H groups in total. The molecule has 0 saturated heterocycles. The summed E-state index contributed by atoms with van der Waals surface area (Å²) in [6, 6.07) is 0. The molecule has 0 aromatic carbocycles. The molecule has 0 atom stereocenters. The first kappa shape index (κ1) is 12.8. The molecule has 1 aliphatic carbocycles. The van der Waals surface area contributed by atoms with E-state index in [1.54, 1.807) is 12.3 Å². The van der Waals surface area contributed by atoms with Crippen molar-refractivity contribution < 1.29 is 14.7 Å². The van der Waals surface area contributed by atoms with Gasteiger partial charge in [0.15, 0.2) is 0 Å². The number of nitrogens with one attached hydrogen (secondary N) is 1. The van der Waals surface area contributed by atoms with Crippen molar-refractivity contribution in [1.82, 2.24) is 9.88 Å². The van der Waals surface area contributed by atoms with Gasteiger partial charge < -0.3 is 10.4 Å². The molecule has 6 nitrogen and oxygen atoms in total. The van der Waals surface area contributed by atoms with Gasteiger partial charge in [0.05, 0.1) is 0 Å². The van der Waals surface area contributed by atoms with E-state index in [1.807, 2.05) is 0 Å². The van der Waals surface area contributed by atoms with Crippen molar-refractivity contribution in [2.45, 2.75) is 38.3 Å². The lowest BCUT2D eigenvalue weighted by molar-refractivity contribution is -0.151. The first-order valence-electron chi connectivity index (χ1n) is 5.64. The molecule has 1 aromatic heterocycles. The van der Waals surface area contributed by atoms with E-state index in [2.05, 4.69) is 5.32 Å². The monoisotopic (exact) mass is 270 g/mol. The minimum absolute atomic E-state index is 0.122. The number of aromatic nitrogens is 1. The van der Waals surface area contributed by atoms with Crippen LogP contribution in [0.1, 0.15) is 25.0 Å². The minimum Gasteiger partial charge on any atom is -0.480 e. The molecule has 2 rings (SSSR count). The Morgan fingerprint density at radius 3 is 2.61 bits per heavy atom. The number of thiazole rings is 1. The average Bonchev–Trinajstić information content (AvgIpc) is 2.54. The van der Waals surface area contributed by atoms with Crippen LogP contribution in [0.25, 0.3) is 0 Å². The number of rotatable bonds is 4. The van der Waals surface area contributed by atoms with E-state index in [9.17, 15) is 14.4 Å². The Bertz CT molecular complexity index is 541. The molecule has 0 spiro atoms. The molecule has 1 aliphatic rings. The zero-order valence-corrected chi connectivity index (χ0v) is 10.7. The number of nitrogens with zero attached hydrogens (tertiary/aromatic N) is 1. The van der Waals surface area contributed by atoms with Crippen molar-refractivity contribution in [3.05, 3.63) is 20.7 Å². The van der Waals surface area contributed by atoms with Crippen molar-refractivity contribution in [1.29, 1.82) is 0 Å². The summed E-state index contributed by atoms with van der Waals surface area (Å²) < 4.78 is 1.34. The van der Waals surface area contributed by atoms with Crippen molar-refractivity contribution >= 4 is 23.2 Å². The van der Waals surface area contributed by atoms with Crippen LogP contribution in [0.15, 0.2) is 10.2 Å². The van der Waals surface area contributed by atoms with Gasteiger partial charge in [-0.1, -0.05) is 11.3 Å². The van der Waals surface area contributed by atoms with Crippen LogP contribution in [0.2, 0.25) is 0 Å². The molecule has 7 heteroatoms. The predicted octanol–water partition coefficient (Wildman–Crippen LogP) is 0.342. The van der Waals surface area contributed by atoms with Crippen molar-refractivity contribution in [2.24, 2.45) is 0 Å². The van der Waals surface area contributed by atoms with Gasteiger partial charge in [-0.2, -0.15) is 0 Å². The van der Waals surface area contributed by atoms with Crippen LogP contribution in [0.5, 0.6) is 0 Å². The Balaban J connectivity index is 2.06. The normalized spacial score (nSPS) is 16.9. The highest BCUT2D eigenvalue weighted by Gasteiger charge is 2.45. The maximum Gasteiger partial charge on any atom is 0.329 e. The number of hydrogen-bond acceptors (Lipinski definition) is 4. The predicted molar refractivity (Wildman–Crippen MR) is 65.7 cm³/mol. The summed E-state index contributed by atoms with van der Waals surface area (Å²) in [7, 11) is 0. The van der Waals surface area contributed by atoms with E-state index >= 15 is 0 Å². The van der Waals surface area contributed by atoms with Gasteiger partial charge in [0.1, 0.15) is 12.1 Å². The molecular formula is C11H14N2O4S. The Hall–Kier alpha value is -1.63. The van der Waals surface area contributed by atoms with Crippen molar-refractivity contribution in [2.75, 3.05) is 0 Å².